The van der Waals surface area contributed by atoms with Crippen LogP contribution in [0.4, 0.5) is 5.13 Å². The maximum atomic E-state index is 13.2. The minimum absolute atomic E-state index is 0.235. The number of hydrogen-bond acceptors (Lipinski definition) is 5. The highest BCUT2D eigenvalue weighted by atomic mass is 32.2. The molecule has 0 atom stereocenters. The summed E-state index contributed by atoms with van der Waals surface area (Å²) in [5, 5.41) is 3.27. The number of nitrogens with zero attached hydrogens (tertiary/aromatic N) is 2. The monoisotopic (exact) mass is 459 g/mol. The Kier molecular flexibility index (Phi) is 7.80. The summed E-state index contributed by atoms with van der Waals surface area (Å²) in [7, 11) is -3.57. The highest BCUT2D eigenvalue weighted by Gasteiger charge is 2.24. The molecule has 0 unspecified atom stereocenters. The fourth-order valence-electron chi connectivity index (χ4n) is 3.24. The molecule has 0 spiro atoms. The van der Waals surface area contributed by atoms with Crippen LogP contribution in [-0.2, 0) is 10.0 Å². The minimum Gasteiger partial charge on any atom is -0.298 e. The number of carbonyl (C=O) groups excluding carboxylic acids is 1. The summed E-state index contributed by atoms with van der Waals surface area (Å²) in [6.07, 6.45) is 3.55. The van der Waals surface area contributed by atoms with Crippen LogP contribution in [0.3, 0.4) is 0 Å². The highest BCUT2D eigenvalue weighted by Crippen LogP contribution is 2.30. The topological polar surface area (TPSA) is 79.4 Å². The summed E-state index contributed by atoms with van der Waals surface area (Å²) in [4.78, 5) is 17.2. The number of fused-ring (bicyclic) bond motifs is 1. The van der Waals surface area contributed by atoms with Crippen LogP contribution in [0.2, 0.25) is 0 Å². The van der Waals surface area contributed by atoms with Crippen molar-refractivity contribution < 1.29 is 13.2 Å². The quantitative estimate of drug-likeness (QED) is 0.437. The highest BCUT2D eigenvalue weighted by molar-refractivity contribution is 7.89. The van der Waals surface area contributed by atoms with Gasteiger partial charge in [0, 0.05) is 18.7 Å². The number of sulfonamides is 1. The molecule has 1 aromatic heterocycles. The van der Waals surface area contributed by atoms with E-state index in [0.717, 1.165) is 35.9 Å². The summed E-state index contributed by atoms with van der Waals surface area (Å²) in [6.45, 7) is 7.09. The van der Waals surface area contributed by atoms with Gasteiger partial charge in [0.15, 0.2) is 5.13 Å². The fourth-order valence-corrected chi connectivity index (χ4v) is 5.76. The molecule has 0 saturated carbocycles. The first kappa shape index (κ1) is 23.4. The molecule has 8 heteroatoms. The molecule has 2 aromatic carbocycles. The van der Waals surface area contributed by atoms with Crippen LogP contribution in [0.25, 0.3) is 10.2 Å². The van der Waals surface area contributed by atoms with Gasteiger partial charge in [-0.15, -0.1) is 0 Å². The van der Waals surface area contributed by atoms with Gasteiger partial charge < -0.3 is 0 Å². The Morgan fingerprint density at radius 2 is 1.77 bits per heavy atom. The first-order valence-corrected chi connectivity index (χ1v) is 12.9. The van der Waals surface area contributed by atoms with E-state index in [4.69, 9.17) is 0 Å². The van der Waals surface area contributed by atoms with Crippen LogP contribution >= 0.6 is 11.3 Å². The van der Waals surface area contributed by atoms with Gasteiger partial charge >= 0.3 is 0 Å². The Hall–Kier alpha value is -2.29. The largest absolute Gasteiger partial charge is 0.298 e. The zero-order chi connectivity index (χ0) is 22.4. The Morgan fingerprint density at radius 1 is 1.06 bits per heavy atom. The lowest BCUT2D eigenvalue weighted by atomic mass is 10.1. The van der Waals surface area contributed by atoms with Crippen LogP contribution in [0.1, 0.15) is 55.5 Å². The maximum Gasteiger partial charge on any atom is 0.257 e. The lowest BCUT2D eigenvalue weighted by Gasteiger charge is -2.21. The van der Waals surface area contributed by atoms with Crippen molar-refractivity contribution in [3.63, 3.8) is 0 Å². The first-order chi connectivity index (χ1) is 14.8. The summed E-state index contributed by atoms with van der Waals surface area (Å²) >= 11 is 1.28. The molecular weight excluding hydrogens is 430 g/mol. The maximum absolute atomic E-state index is 13.2. The number of aromatic nitrogens is 1. The molecule has 1 N–H and O–H groups in total. The van der Waals surface area contributed by atoms with Crippen molar-refractivity contribution >= 4 is 42.6 Å². The van der Waals surface area contributed by atoms with Crippen molar-refractivity contribution in [2.75, 3.05) is 18.4 Å². The number of nitrogens with one attached hydrogen (secondary N) is 1. The molecule has 0 saturated heterocycles. The fraction of sp³-hybridized carbons (Fsp3) is 0.391. The smallest absolute Gasteiger partial charge is 0.257 e. The third-order valence-electron chi connectivity index (χ3n) is 5.02. The van der Waals surface area contributed by atoms with Crippen molar-refractivity contribution in [1.82, 2.24) is 9.29 Å². The van der Waals surface area contributed by atoms with Crippen molar-refractivity contribution in [2.24, 2.45) is 0 Å². The Balaban J connectivity index is 1.84. The summed E-state index contributed by atoms with van der Waals surface area (Å²) < 4.78 is 28.8. The predicted molar refractivity (Wildman–Crippen MR) is 127 cm³/mol. The second-order valence-electron chi connectivity index (χ2n) is 7.58. The van der Waals surface area contributed by atoms with Crippen molar-refractivity contribution in [3.8, 4) is 0 Å². The van der Waals surface area contributed by atoms with E-state index in [-0.39, 0.29) is 10.8 Å². The van der Waals surface area contributed by atoms with Crippen molar-refractivity contribution in [1.29, 1.82) is 0 Å². The third-order valence-corrected chi connectivity index (χ3v) is 7.85. The number of unbranched alkanes of at least 4 members (excludes halogenated alkanes) is 2. The van der Waals surface area contributed by atoms with Gasteiger partial charge in [-0.2, -0.15) is 4.31 Å². The van der Waals surface area contributed by atoms with Gasteiger partial charge in [0.25, 0.3) is 5.91 Å². The summed E-state index contributed by atoms with van der Waals surface area (Å²) in [5.41, 5.74) is 2.23. The van der Waals surface area contributed by atoms with E-state index in [9.17, 15) is 13.2 Å². The number of benzene rings is 2. The van der Waals surface area contributed by atoms with Gasteiger partial charge in [-0.25, -0.2) is 13.4 Å². The summed E-state index contributed by atoms with van der Waals surface area (Å²) in [6, 6.07) is 12.3. The van der Waals surface area contributed by atoms with E-state index >= 15 is 0 Å². The predicted octanol–water partition coefficient (Wildman–Crippen LogP) is 5.45. The number of anilines is 1. The zero-order valence-electron chi connectivity index (χ0n) is 18.2. The minimum atomic E-state index is -3.57. The Bertz CT molecular complexity index is 1150. The van der Waals surface area contributed by atoms with Gasteiger partial charge in [0.05, 0.1) is 15.1 Å². The normalized spacial score (nSPS) is 11.9. The molecule has 0 aliphatic rings. The van der Waals surface area contributed by atoms with Crippen LogP contribution < -0.4 is 5.32 Å². The van der Waals surface area contributed by atoms with Gasteiger partial charge in [0.1, 0.15) is 0 Å². The molecule has 3 rings (SSSR count). The molecule has 166 valence electrons. The number of rotatable bonds is 10. The van der Waals surface area contributed by atoms with Gasteiger partial charge in [0.2, 0.25) is 10.0 Å². The average molecular weight is 460 g/mol. The standard InChI is InChI=1S/C23H29N3O3S2/c1-4-6-13-26(14-7-5-2)31(28,29)19-11-12-20-21(16-19)30-23(24-20)25-22(27)18-10-8-9-17(3)15-18/h8-12,15-16H,4-7,13-14H2,1-3H3,(H,24,25,27). The first-order valence-electron chi connectivity index (χ1n) is 10.6. The molecule has 0 fully saturated rings. The van der Waals surface area contributed by atoms with Crippen molar-refractivity contribution in [2.45, 2.75) is 51.3 Å². The van der Waals surface area contributed by atoms with E-state index in [1.54, 1.807) is 28.6 Å². The zero-order valence-corrected chi connectivity index (χ0v) is 19.9. The number of thiazole rings is 1. The molecule has 1 amide bonds. The van der Waals surface area contributed by atoms with E-state index < -0.39 is 10.0 Å². The van der Waals surface area contributed by atoms with E-state index in [0.29, 0.717) is 29.3 Å². The van der Waals surface area contributed by atoms with Gasteiger partial charge in [-0.1, -0.05) is 55.7 Å². The SMILES string of the molecule is CCCCN(CCCC)S(=O)(=O)c1ccc2nc(NC(=O)c3cccc(C)c3)sc2c1. The summed E-state index contributed by atoms with van der Waals surface area (Å²) in [5.74, 6) is -0.235. The molecule has 0 bridgehead atoms. The molecule has 0 radical (unpaired) electrons. The third kappa shape index (κ3) is 5.70. The molecule has 3 aromatic rings. The molecular formula is C23H29N3O3S2. The van der Waals surface area contributed by atoms with E-state index in [1.165, 1.54) is 11.3 Å². The number of carbonyl (C=O) groups is 1. The second-order valence-corrected chi connectivity index (χ2v) is 10.6. The molecule has 6 nitrogen and oxygen atoms in total. The van der Waals surface area contributed by atoms with Crippen molar-refractivity contribution in [3.05, 3.63) is 53.6 Å². The average Bonchev–Trinajstić information content (AvgIpc) is 3.15. The lowest BCUT2D eigenvalue weighted by Crippen LogP contribution is -2.33. The van der Waals surface area contributed by atoms with Gasteiger partial charge in [-0.05, 0) is 50.1 Å². The van der Waals surface area contributed by atoms with Crippen LogP contribution in [0, 0.1) is 6.92 Å². The van der Waals surface area contributed by atoms with E-state index in [2.05, 4.69) is 24.1 Å². The Morgan fingerprint density at radius 3 is 2.42 bits per heavy atom. The molecule has 1 heterocycles. The van der Waals surface area contributed by atoms with Crippen LogP contribution in [-0.4, -0.2) is 36.7 Å². The van der Waals surface area contributed by atoms with Crippen LogP contribution in [0.15, 0.2) is 47.4 Å². The number of aryl methyl sites for hydroxylation is 1. The second kappa shape index (κ2) is 10.3. The number of hydrogen-bond donors (Lipinski definition) is 1. The molecule has 0 aliphatic heterocycles. The van der Waals surface area contributed by atoms with Gasteiger partial charge in [-0.3, -0.25) is 10.1 Å². The lowest BCUT2D eigenvalue weighted by molar-refractivity contribution is 0.102. The van der Waals surface area contributed by atoms with E-state index in [1.807, 2.05) is 25.1 Å². The molecule has 31 heavy (non-hydrogen) atoms. The Labute approximate surface area is 188 Å². The number of amides is 1. The molecule has 0 aliphatic carbocycles. The van der Waals surface area contributed by atoms with Crippen LogP contribution in [0.5, 0.6) is 0 Å².